The zero-order chi connectivity index (χ0) is 15.5. The third kappa shape index (κ3) is 4.09. The fraction of sp³-hybridized carbons (Fsp3) is 0.867. The van der Waals surface area contributed by atoms with Gasteiger partial charge in [-0.1, -0.05) is 20.3 Å². The topological polar surface area (TPSA) is 70.1 Å². The largest absolute Gasteiger partial charge is 0.481 e. The number of hydrogen-bond donors (Lipinski definition) is 1. The quantitative estimate of drug-likeness (QED) is 0.862. The summed E-state index contributed by atoms with van der Waals surface area (Å²) in [5, 5.41) is 8.83. The van der Waals surface area contributed by atoms with Gasteiger partial charge in [0.05, 0.1) is 19.1 Å². The summed E-state index contributed by atoms with van der Waals surface area (Å²) in [6, 6.07) is 0.0341. The zero-order valence-electron chi connectivity index (χ0n) is 13.0. The Labute approximate surface area is 126 Å². The first-order valence-electron chi connectivity index (χ1n) is 7.81. The van der Waals surface area contributed by atoms with Crippen molar-refractivity contribution in [1.82, 2.24) is 9.80 Å². The SMILES string of the molecule is CCC1(C)CCN(C(=O)N2CCOC(CC(=O)O)C2)CC1. The molecule has 0 saturated carbocycles. The van der Waals surface area contributed by atoms with Crippen molar-refractivity contribution in [3.05, 3.63) is 0 Å². The van der Waals surface area contributed by atoms with Crippen molar-refractivity contribution in [2.75, 3.05) is 32.8 Å². The van der Waals surface area contributed by atoms with E-state index in [1.165, 1.54) is 0 Å². The second-order valence-corrected chi connectivity index (χ2v) is 6.47. The van der Waals surface area contributed by atoms with Crippen LogP contribution in [0.5, 0.6) is 0 Å². The minimum absolute atomic E-state index is 0.0341. The van der Waals surface area contributed by atoms with Gasteiger partial charge in [-0.05, 0) is 18.3 Å². The van der Waals surface area contributed by atoms with Crippen LogP contribution in [0.4, 0.5) is 4.79 Å². The highest BCUT2D eigenvalue weighted by Crippen LogP contribution is 2.34. The molecule has 2 amide bonds. The lowest BCUT2D eigenvalue weighted by Gasteiger charge is -2.42. The smallest absolute Gasteiger partial charge is 0.320 e. The monoisotopic (exact) mass is 298 g/mol. The Bertz CT molecular complexity index is 391. The molecule has 2 fully saturated rings. The molecule has 2 rings (SSSR count). The lowest BCUT2D eigenvalue weighted by molar-refractivity contribution is -0.141. The fourth-order valence-corrected chi connectivity index (χ4v) is 3.00. The highest BCUT2D eigenvalue weighted by Gasteiger charge is 2.34. The minimum atomic E-state index is -0.883. The number of nitrogens with zero attached hydrogens (tertiary/aromatic N) is 2. The molecule has 0 aromatic heterocycles. The normalized spacial score (nSPS) is 25.7. The van der Waals surface area contributed by atoms with Crippen LogP contribution < -0.4 is 0 Å². The zero-order valence-corrected chi connectivity index (χ0v) is 13.0. The Kier molecular flexibility index (Phi) is 5.08. The van der Waals surface area contributed by atoms with Crippen molar-refractivity contribution in [3.8, 4) is 0 Å². The van der Waals surface area contributed by atoms with Crippen LogP contribution in [-0.4, -0.2) is 65.8 Å². The van der Waals surface area contributed by atoms with E-state index in [0.717, 1.165) is 32.4 Å². The molecular formula is C15H26N2O4. The molecule has 120 valence electrons. The van der Waals surface area contributed by atoms with Crippen molar-refractivity contribution >= 4 is 12.0 Å². The van der Waals surface area contributed by atoms with E-state index in [2.05, 4.69) is 13.8 Å². The molecular weight excluding hydrogens is 272 g/mol. The van der Waals surface area contributed by atoms with Gasteiger partial charge in [-0.15, -0.1) is 0 Å². The molecule has 21 heavy (non-hydrogen) atoms. The number of carbonyl (C=O) groups is 2. The summed E-state index contributed by atoms with van der Waals surface area (Å²) in [5.41, 5.74) is 0.355. The molecule has 2 aliphatic rings. The maximum atomic E-state index is 12.5. The van der Waals surface area contributed by atoms with E-state index in [0.29, 0.717) is 25.1 Å². The van der Waals surface area contributed by atoms with Gasteiger partial charge in [0.25, 0.3) is 0 Å². The van der Waals surface area contributed by atoms with Gasteiger partial charge in [-0.2, -0.15) is 0 Å². The number of carboxylic acid groups (broad SMARTS) is 1. The summed E-state index contributed by atoms with van der Waals surface area (Å²) >= 11 is 0. The van der Waals surface area contributed by atoms with Gasteiger partial charge in [-0.25, -0.2) is 4.79 Å². The van der Waals surface area contributed by atoms with Gasteiger partial charge in [0, 0.05) is 26.2 Å². The molecule has 1 N–H and O–H groups in total. The number of rotatable bonds is 3. The fourth-order valence-electron chi connectivity index (χ4n) is 3.00. The van der Waals surface area contributed by atoms with Crippen LogP contribution in [0, 0.1) is 5.41 Å². The van der Waals surface area contributed by atoms with E-state index in [4.69, 9.17) is 9.84 Å². The van der Waals surface area contributed by atoms with Crippen LogP contribution in [0.1, 0.15) is 39.5 Å². The maximum absolute atomic E-state index is 12.5. The Balaban J connectivity index is 1.87. The summed E-state index contributed by atoms with van der Waals surface area (Å²) in [7, 11) is 0. The molecule has 0 aromatic carbocycles. The summed E-state index contributed by atoms with van der Waals surface area (Å²) in [6.45, 7) is 7.43. The number of likely N-dealkylation sites (tertiary alicyclic amines) is 1. The van der Waals surface area contributed by atoms with Gasteiger partial charge < -0.3 is 19.6 Å². The average molecular weight is 298 g/mol. The number of urea groups is 1. The Hall–Kier alpha value is -1.30. The van der Waals surface area contributed by atoms with Crippen LogP contribution in [0.15, 0.2) is 0 Å². The molecule has 0 spiro atoms. The number of hydrogen-bond acceptors (Lipinski definition) is 3. The van der Waals surface area contributed by atoms with Crippen LogP contribution in [-0.2, 0) is 9.53 Å². The lowest BCUT2D eigenvalue weighted by Crippen LogP contribution is -2.53. The summed E-state index contributed by atoms with van der Waals surface area (Å²) in [6.07, 6.45) is 2.80. The molecule has 2 aliphatic heterocycles. The van der Waals surface area contributed by atoms with Crippen molar-refractivity contribution in [2.45, 2.75) is 45.6 Å². The molecule has 6 nitrogen and oxygen atoms in total. The predicted molar refractivity (Wildman–Crippen MR) is 78.2 cm³/mol. The Morgan fingerprint density at radius 1 is 1.24 bits per heavy atom. The van der Waals surface area contributed by atoms with E-state index in [1.807, 2.05) is 4.90 Å². The summed E-state index contributed by atoms with van der Waals surface area (Å²) < 4.78 is 5.41. The third-order valence-corrected chi connectivity index (χ3v) is 4.91. The van der Waals surface area contributed by atoms with Crippen molar-refractivity contribution < 1.29 is 19.4 Å². The van der Waals surface area contributed by atoms with E-state index in [1.54, 1.807) is 4.90 Å². The number of carbonyl (C=O) groups excluding carboxylic acids is 1. The van der Waals surface area contributed by atoms with Crippen molar-refractivity contribution in [1.29, 1.82) is 0 Å². The number of morpholine rings is 1. The predicted octanol–water partition coefficient (Wildman–Crippen LogP) is 1.79. The van der Waals surface area contributed by atoms with Gasteiger partial charge in [0.2, 0.25) is 0 Å². The Morgan fingerprint density at radius 2 is 1.90 bits per heavy atom. The Morgan fingerprint density at radius 3 is 2.48 bits per heavy atom. The first kappa shape index (κ1) is 16.1. The van der Waals surface area contributed by atoms with Gasteiger partial charge in [-0.3, -0.25) is 4.79 Å². The van der Waals surface area contributed by atoms with Gasteiger partial charge in [0.1, 0.15) is 0 Å². The standard InChI is InChI=1S/C15H26N2O4/c1-3-15(2)4-6-16(7-5-15)14(20)17-8-9-21-12(11-17)10-13(18)19/h12H,3-11H2,1-2H3,(H,18,19). The molecule has 1 unspecified atom stereocenters. The van der Waals surface area contributed by atoms with Crippen LogP contribution in [0.25, 0.3) is 0 Å². The van der Waals surface area contributed by atoms with E-state index in [9.17, 15) is 9.59 Å². The molecule has 0 aliphatic carbocycles. The molecule has 1 atom stereocenters. The molecule has 0 radical (unpaired) electrons. The third-order valence-electron chi connectivity index (χ3n) is 4.91. The number of carboxylic acids is 1. The van der Waals surface area contributed by atoms with Crippen LogP contribution in [0.3, 0.4) is 0 Å². The highest BCUT2D eigenvalue weighted by atomic mass is 16.5. The second-order valence-electron chi connectivity index (χ2n) is 6.47. The molecule has 0 bridgehead atoms. The minimum Gasteiger partial charge on any atom is -0.481 e. The van der Waals surface area contributed by atoms with Crippen LogP contribution in [0.2, 0.25) is 0 Å². The number of amides is 2. The number of aliphatic carboxylic acids is 1. The average Bonchev–Trinajstić information content (AvgIpc) is 2.47. The van der Waals surface area contributed by atoms with Crippen LogP contribution >= 0.6 is 0 Å². The van der Waals surface area contributed by atoms with Gasteiger partial charge in [0.15, 0.2) is 0 Å². The highest BCUT2D eigenvalue weighted by molar-refractivity contribution is 5.75. The van der Waals surface area contributed by atoms with E-state index in [-0.39, 0.29) is 18.6 Å². The van der Waals surface area contributed by atoms with Crippen molar-refractivity contribution in [2.24, 2.45) is 5.41 Å². The first-order valence-corrected chi connectivity index (χ1v) is 7.81. The second kappa shape index (κ2) is 6.64. The number of ether oxygens (including phenoxy) is 1. The maximum Gasteiger partial charge on any atom is 0.320 e. The number of piperidine rings is 1. The molecule has 6 heteroatoms. The summed E-state index contributed by atoms with van der Waals surface area (Å²) in [5.74, 6) is -0.883. The lowest BCUT2D eigenvalue weighted by atomic mass is 9.78. The first-order chi connectivity index (χ1) is 9.93. The van der Waals surface area contributed by atoms with E-state index >= 15 is 0 Å². The molecule has 2 saturated heterocycles. The summed E-state index contributed by atoms with van der Waals surface area (Å²) in [4.78, 5) is 26.9. The van der Waals surface area contributed by atoms with Gasteiger partial charge >= 0.3 is 12.0 Å². The van der Waals surface area contributed by atoms with E-state index < -0.39 is 5.97 Å². The van der Waals surface area contributed by atoms with Crippen molar-refractivity contribution in [3.63, 3.8) is 0 Å². The molecule has 0 aromatic rings. The molecule has 2 heterocycles.